The smallest absolute Gasteiger partial charge is 0.408 e. The van der Waals surface area contributed by atoms with Gasteiger partial charge in [0.15, 0.2) is 5.54 Å². The predicted molar refractivity (Wildman–Crippen MR) is 102 cm³/mol. The number of alkyl carbamates (subject to hydrolysis) is 1. The number of esters is 1. The molecule has 148 valence electrons. The molecular weight excluding hydrogens is 344 g/mol. The molecule has 1 amide bonds. The third-order valence-electron chi connectivity index (χ3n) is 5.25. The Morgan fingerprint density at radius 3 is 2.52 bits per heavy atom. The van der Waals surface area contributed by atoms with E-state index in [2.05, 4.69) is 17.3 Å². The van der Waals surface area contributed by atoms with E-state index >= 15 is 0 Å². The number of fused-ring (bicyclic) bond motifs is 1. The Balaban J connectivity index is 1.83. The second kappa shape index (κ2) is 7.50. The first-order valence-electron chi connectivity index (χ1n) is 9.69. The molecule has 1 fully saturated rings. The normalized spacial score (nSPS) is 23.6. The van der Waals surface area contributed by atoms with Gasteiger partial charge in [0, 0.05) is 13.1 Å². The molecule has 0 aromatic heterocycles. The highest BCUT2D eigenvalue weighted by Crippen LogP contribution is 2.39. The molecule has 1 unspecified atom stereocenters. The number of hydrogen-bond donors (Lipinski definition) is 1. The van der Waals surface area contributed by atoms with Crippen LogP contribution in [0.2, 0.25) is 0 Å². The fourth-order valence-corrected chi connectivity index (χ4v) is 3.84. The number of piperidine rings is 1. The van der Waals surface area contributed by atoms with E-state index in [9.17, 15) is 9.59 Å². The molecule has 3 rings (SSSR count). The summed E-state index contributed by atoms with van der Waals surface area (Å²) in [6.45, 7) is 7.22. The van der Waals surface area contributed by atoms with Crippen LogP contribution in [0.15, 0.2) is 24.3 Å². The number of aryl methyl sites for hydroxylation is 1. The fourth-order valence-electron chi connectivity index (χ4n) is 3.84. The number of carbonyl (C=O) groups excluding carboxylic acids is 2. The Labute approximate surface area is 161 Å². The highest BCUT2D eigenvalue weighted by atomic mass is 16.6. The van der Waals surface area contributed by atoms with Crippen LogP contribution in [0.3, 0.4) is 0 Å². The summed E-state index contributed by atoms with van der Waals surface area (Å²) in [4.78, 5) is 28.0. The number of amides is 1. The molecular formula is C21H30N2O4. The summed E-state index contributed by atoms with van der Waals surface area (Å²) in [6.07, 6.45) is 2.11. The third kappa shape index (κ3) is 4.43. The fraction of sp³-hybridized carbons (Fsp3) is 0.619. The summed E-state index contributed by atoms with van der Waals surface area (Å²) >= 11 is 0. The molecule has 1 aliphatic carbocycles. The molecule has 2 aliphatic rings. The lowest BCUT2D eigenvalue weighted by Gasteiger charge is -2.34. The highest BCUT2D eigenvalue weighted by Gasteiger charge is 2.49. The maximum atomic E-state index is 13.3. The molecule has 1 aromatic carbocycles. The minimum atomic E-state index is -1.18. The van der Waals surface area contributed by atoms with Gasteiger partial charge in [0.1, 0.15) is 11.7 Å². The molecule has 1 aliphatic heterocycles. The van der Waals surface area contributed by atoms with Crippen molar-refractivity contribution in [1.82, 2.24) is 10.2 Å². The van der Waals surface area contributed by atoms with E-state index in [1.165, 1.54) is 0 Å². The molecule has 0 spiro atoms. The van der Waals surface area contributed by atoms with Crippen LogP contribution in [0.1, 0.15) is 51.2 Å². The zero-order chi connectivity index (χ0) is 19.7. The lowest BCUT2D eigenvalue weighted by Crippen LogP contribution is -2.53. The molecule has 1 aromatic rings. The number of nitrogens with zero attached hydrogens (tertiary/aromatic N) is 1. The third-order valence-corrected chi connectivity index (χ3v) is 5.25. The van der Waals surface area contributed by atoms with Gasteiger partial charge in [-0.1, -0.05) is 24.3 Å². The Morgan fingerprint density at radius 2 is 1.85 bits per heavy atom. The van der Waals surface area contributed by atoms with Gasteiger partial charge in [-0.3, -0.25) is 0 Å². The van der Waals surface area contributed by atoms with Crippen molar-refractivity contribution in [1.29, 1.82) is 0 Å². The first kappa shape index (κ1) is 19.7. The van der Waals surface area contributed by atoms with Gasteiger partial charge in [-0.15, -0.1) is 0 Å². The van der Waals surface area contributed by atoms with Crippen molar-refractivity contribution in [3.8, 4) is 0 Å². The maximum absolute atomic E-state index is 13.3. The number of hydrogen-bond acceptors (Lipinski definition) is 5. The molecule has 6 heteroatoms. The molecule has 0 bridgehead atoms. The summed E-state index contributed by atoms with van der Waals surface area (Å²) < 4.78 is 11.3. The van der Waals surface area contributed by atoms with Crippen molar-refractivity contribution in [2.75, 3.05) is 20.1 Å². The van der Waals surface area contributed by atoms with Gasteiger partial charge in [0.2, 0.25) is 0 Å². The van der Waals surface area contributed by atoms with Gasteiger partial charge < -0.3 is 19.7 Å². The van der Waals surface area contributed by atoms with Crippen molar-refractivity contribution in [3.05, 3.63) is 35.4 Å². The van der Waals surface area contributed by atoms with Gasteiger partial charge in [-0.2, -0.15) is 0 Å². The maximum Gasteiger partial charge on any atom is 0.408 e. The molecule has 1 N–H and O–H groups in total. The minimum absolute atomic E-state index is 0.112. The van der Waals surface area contributed by atoms with Crippen LogP contribution in [0, 0.1) is 0 Å². The number of nitrogens with one attached hydrogen (secondary N) is 1. The molecule has 6 nitrogen and oxygen atoms in total. The number of rotatable bonds is 3. The number of carbonyl (C=O) groups is 2. The average molecular weight is 374 g/mol. The number of benzene rings is 1. The summed E-state index contributed by atoms with van der Waals surface area (Å²) in [6, 6.07) is 7.73. The highest BCUT2D eigenvalue weighted by molar-refractivity contribution is 5.89. The van der Waals surface area contributed by atoms with Crippen molar-refractivity contribution < 1.29 is 19.1 Å². The van der Waals surface area contributed by atoms with Crippen molar-refractivity contribution in [3.63, 3.8) is 0 Å². The van der Waals surface area contributed by atoms with E-state index < -0.39 is 17.2 Å². The zero-order valence-corrected chi connectivity index (χ0v) is 16.7. The van der Waals surface area contributed by atoms with Gasteiger partial charge in [-0.25, -0.2) is 9.59 Å². The lowest BCUT2D eigenvalue weighted by molar-refractivity contribution is -0.160. The molecule has 1 heterocycles. The summed E-state index contributed by atoms with van der Waals surface area (Å²) in [5.41, 5.74) is 0.0615. The van der Waals surface area contributed by atoms with Gasteiger partial charge in [0.05, 0.1) is 0 Å². The summed E-state index contributed by atoms with van der Waals surface area (Å²) in [7, 11) is 2.07. The number of ether oxygens (including phenoxy) is 2. The topological polar surface area (TPSA) is 67.9 Å². The van der Waals surface area contributed by atoms with Crippen LogP contribution in [0.5, 0.6) is 0 Å². The van der Waals surface area contributed by atoms with Crippen LogP contribution in [-0.2, 0) is 26.2 Å². The van der Waals surface area contributed by atoms with Crippen molar-refractivity contribution in [2.24, 2.45) is 0 Å². The van der Waals surface area contributed by atoms with E-state index in [1.54, 1.807) is 20.8 Å². The first-order chi connectivity index (χ1) is 12.7. The standard InChI is InChI=1S/C21H30N2O4/c1-20(2,3)27-19(25)22-21(12-9-15-7-5-6-8-17(15)21)18(24)26-16-10-13-23(4)14-11-16/h5-8,16H,9-14H2,1-4H3,(H,22,25). The van der Waals surface area contributed by atoms with Crippen LogP contribution in [0.4, 0.5) is 4.79 Å². The first-order valence-corrected chi connectivity index (χ1v) is 9.69. The average Bonchev–Trinajstić information content (AvgIpc) is 2.95. The molecule has 0 saturated carbocycles. The Morgan fingerprint density at radius 1 is 1.19 bits per heavy atom. The predicted octanol–water partition coefficient (Wildman–Crippen LogP) is 2.99. The number of likely N-dealkylation sites (tertiary alicyclic amines) is 1. The molecule has 1 saturated heterocycles. The quantitative estimate of drug-likeness (QED) is 0.824. The van der Waals surface area contributed by atoms with Crippen LogP contribution in [-0.4, -0.2) is 48.8 Å². The van der Waals surface area contributed by atoms with Crippen molar-refractivity contribution >= 4 is 12.1 Å². The SMILES string of the molecule is CN1CCC(OC(=O)C2(NC(=O)OC(C)(C)C)CCc3ccccc32)CC1. The van der Waals surface area contributed by atoms with Gasteiger partial charge in [0.25, 0.3) is 0 Å². The lowest BCUT2D eigenvalue weighted by atomic mass is 9.91. The largest absolute Gasteiger partial charge is 0.460 e. The second-order valence-electron chi connectivity index (χ2n) is 8.60. The summed E-state index contributed by atoms with van der Waals surface area (Å²) in [5.74, 6) is -0.382. The minimum Gasteiger partial charge on any atom is -0.460 e. The molecule has 27 heavy (non-hydrogen) atoms. The van der Waals surface area contributed by atoms with E-state index in [0.29, 0.717) is 12.8 Å². The Bertz CT molecular complexity index is 704. The monoisotopic (exact) mass is 374 g/mol. The van der Waals surface area contributed by atoms with Crippen LogP contribution in [0.25, 0.3) is 0 Å². The van der Waals surface area contributed by atoms with E-state index in [1.807, 2.05) is 24.3 Å². The van der Waals surface area contributed by atoms with Gasteiger partial charge >= 0.3 is 12.1 Å². The molecule has 0 radical (unpaired) electrons. The van der Waals surface area contributed by atoms with E-state index in [-0.39, 0.29) is 12.1 Å². The van der Waals surface area contributed by atoms with Crippen LogP contribution < -0.4 is 5.32 Å². The van der Waals surface area contributed by atoms with E-state index in [4.69, 9.17) is 9.47 Å². The van der Waals surface area contributed by atoms with Crippen LogP contribution >= 0.6 is 0 Å². The Kier molecular flexibility index (Phi) is 5.47. The van der Waals surface area contributed by atoms with Gasteiger partial charge in [-0.05, 0) is 64.6 Å². The molecule has 1 atom stereocenters. The van der Waals surface area contributed by atoms with E-state index in [0.717, 1.165) is 37.1 Å². The summed E-state index contributed by atoms with van der Waals surface area (Å²) in [5, 5.41) is 2.86. The van der Waals surface area contributed by atoms with Crippen molar-refractivity contribution in [2.45, 2.75) is 63.7 Å². The second-order valence-corrected chi connectivity index (χ2v) is 8.60. The zero-order valence-electron chi connectivity index (χ0n) is 16.7. The Hall–Kier alpha value is -2.08.